The lowest BCUT2D eigenvalue weighted by atomic mass is 10.1. The van der Waals surface area contributed by atoms with Crippen LogP contribution in [0.5, 0.6) is 0 Å². The van der Waals surface area contributed by atoms with Crippen molar-refractivity contribution in [2.24, 2.45) is 7.05 Å². The van der Waals surface area contributed by atoms with Crippen LogP contribution in [0.2, 0.25) is 0 Å². The highest BCUT2D eigenvalue weighted by molar-refractivity contribution is 9.11. The second-order valence-corrected chi connectivity index (χ2v) is 6.51. The molecule has 0 aliphatic rings. The third-order valence-electron chi connectivity index (χ3n) is 2.69. The molecule has 1 atom stereocenters. The molecule has 1 unspecified atom stereocenters. The van der Waals surface area contributed by atoms with Gasteiger partial charge in [0, 0.05) is 18.3 Å². The maximum absolute atomic E-state index is 10.2. The van der Waals surface area contributed by atoms with E-state index >= 15 is 0 Å². The first-order valence-corrected chi connectivity index (χ1v) is 7.16. The molecular formula is C12H15BrN2OS. The zero-order valence-electron chi connectivity index (χ0n) is 9.85. The molecule has 0 amide bonds. The summed E-state index contributed by atoms with van der Waals surface area (Å²) in [6.45, 7) is 2.06. The maximum Gasteiger partial charge on any atom is 0.100 e. The summed E-state index contributed by atoms with van der Waals surface area (Å²) in [4.78, 5) is 1.17. The van der Waals surface area contributed by atoms with Gasteiger partial charge < -0.3 is 5.11 Å². The van der Waals surface area contributed by atoms with Crippen LogP contribution < -0.4 is 0 Å². The fourth-order valence-electron chi connectivity index (χ4n) is 1.78. The van der Waals surface area contributed by atoms with E-state index in [1.54, 1.807) is 16.0 Å². The van der Waals surface area contributed by atoms with E-state index in [1.807, 2.05) is 25.2 Å². The van der Waals surface area contributed by atoms with Crippen LogP contribution >= 0.6 is 27.3 Å². The molecule has 2 aromatic heterocycles. The second kappa shape index (κ2) is 5.33. The van der Waals surface area contributed by atoms with Crippen molar-refractivity contribution in [2.75, 3.05) is 0 Å². The monoisotopic (exact) mass is 314 g/mol. The van der Waals surface area contributed by atoms with E-state index < -0.39 is 6.10 Å². The van der Waals surface area contributed by atoms with Crippen molar-refractivity contribution in [3.8, 4) is 0 Å². The topological polar surface area (TPSA) is 38.0 Å². The Kier molecular flexibility index (Phi) is 4.01. The van der Waals surface area contributed by atoms with Gasteiger partial charge in [-0.25, -0.2) is 0 Å². The SMILES string of the molecule is CCc1cc(C(O)Cc2ccc(Br)s2)n(C)n1. The zero-order valence-corrected chi connectivity index (χ0v) is 12.3. The van der Waals surface area contributed by atoms with E-state index in [4.69, 9.17) is 0 Å². The molecular weight excluding hydrogens is 300 g/mol. The van der Waals surface area contributed by atoms with E-state index in [2.05, 4.69) is 28.0 Å². The maximum atomic E-state index is 10.2. The molecule has 0 bridgehead atoms. The summed E-state index contributed by atoms with van der Waals surface area (Å²) in [5, 5.41) is 14.6. The van der Waals surface area contributed by atoms with Crippen molar-refractivity contribution in [1.29, 1.82) is 0 Å². The Morgan fingerprint density at radius 2 is 2.29 bits per heavy atom. The minimum absolute atomic E-state index is 0.488. The van der Waals surface area contributed by atoms with Gasteiger partial charge in [-0.2, -0.15) is 5.10 Å². The molecule has 17 heavy (non-hydrogen) atoms. The van der Waals surface area contributed by atoms with E-state index in [0.29, 0.717) is 6.42 Å². The van der Waals surface area contributed by atoms with Gasteiger partial charge in [-0.3, -0.25) is 4.68 Å². The summed E-state index contributed by atoms with van der Waals surface area (Å²) in [6.07, 6.45) is 1.04. The van der Waals surface area contributed by atoms with E-state index in [0.717, 1.165) is 21.6 Å². The molecule has 0 saturated carbocycles. The lowest BCUT2D eigenvalue weighted by Gasteiger charge is -2.09. The number of rotatable bonds is 4. The van der Waals surface area contributed by atoms with Gasteiger partial charge in [0.2, 0.25) is 0 Å². The number of aromatic nitrogens is 2. The van der Waals surface area contributed by atoms with Crippen LogP contribution in [-0.2, 0) is 19.9 Å². The largest absolute Gasteiger partial charge is 0.386 e. The van der Waals surface area contributed by atoms with Crippen molar-refractivity contribution < 1.29 is 5.11 Å². The van der Waals surface area contributed by atoms with E-state index in [-0.39, 0.29) is 0 Å². The second-order valence-electron chi connectivity index (χ2n) is 3.96. The average molecular weight is 315 g/mol. The highest BCUT2D eigenvalue weighted by Gasteiger charge is 2.15. The van der Waals surface area contributed by atoms with Crippen molar-refractivity contribution >= 4 is 27.3 Å². The van der Waals surface area contributed by atoms with Gasteiger partial charge in [0.25, 0.3) is 0 Å². The molecule has 2 rings (SSSR count). The quantitative estimate of drug-likeness (QED) is 0.941. The van der Waals surface area contributed by atoms with Gasteiger partial charge in [-0.15, -0.1) is 11.3 Å². The fourth-order valence-corrected chi connectivity index (χ4v) is 3.30. The summed E-state index contributed by atoms with van der Waals surface area (Å²) in [5.74, 6) is 0. The van der Waals surface area contributed by atoms with Gasteiger partial charge in [0.15, 0.2) is 0 Å². The van der Waals surface area contributed by atoms with E-state index in [1.165, 1.54) is 4.88 Å². The van der Waals surface area contributed by atoms with Crippen LogP contribution in [0.25, 0.3) is 0 Å². The lowest BCUT2D eigenvalue weighted by molar-refractivity contribution is 0.169. The molecule has 0 aliphatic carbocycles. The number of halogens is 1. The molecule has 3 nitrogen and oxygen atoms in total. The molecule has 0 radical (unpaired) electrons. The normalized spacial score (nSPS) is 12.9. The molecule has 5 heteroatoms. The molecule has 0 aromatic carbocycles. The van der Waals surface area contributed by atoms with Crippen LogP contribution in [0.4, 0.5) is 0 Å². The Bertz CT molecular complexity index is 506. The number of hydrogen-bond acceptors (Lipinski definition) is 3. The summed E-state index contributed by atoms with van der Waals surface area (Å²) >= 11 is 5.08. The van der Waals surface area contributed by atoms with Gasteiger partial charge in [-0.05, 0) is 40.5 Å². The number of thiophene rings is 1. The summed E-state index contributed by atoms with van der Waals surface area (Å²) in [6, 6.07) is 6.02. The number of hydrogen-bond donors (Lipinski definition) is 1. The molecule has 0 saturated heterocycles. The third kappa shape index (κ3) is 2.97. The fraction of sp³-hybridized carbons (Fsp3) is 0.417. The van der Waals surface area contributed by atoms with Crippen LogP contribution in [-0.4, -0.2) is 14.9 Å². The van der Waals surface area contributed by atoms with Gasteiger partial charge >= 0.3 is 0 Å². The molecule has 92 valence electrons. The van der Waals surface area contributed by atoms with Gasteiger partial charge in [0.05, 0.1) is 15.2 Å². The van der Waals surface area contributed by atoms with Crippen LogP contribution in [0.15, 0.2) is 22.0 Å². The molecule has 2 aromatic rings. The Balaban J connectivity index is 2.13. The number of aliphatic hydroxyl groups is 1. The zero-order chi connectivity index (χ0) is 12.4. The Morgan fingerprint density at radius 3 is 2.82 bits per heavy atom. The van der Waals surface area contributed by atoms with Crippen molar-refractivity contribution in [1.82, 2.24) is 9.78 Å². The minimum atomic E-state index is -0.488. The molecule has 2 heterocycles. The van der Waals surface area contributed by atoms with Crippen molar-refractivity contribution in [3.05, 3.63) is 38.3 Å². The minimum Gasteiger partial charge on any atom is -0.386 e. The standard InChI is InChI=1S/C12H15BrN2OS/c1-3-8-6-10(15(2)14-8)11(16)7-9-4-5-12(13)17-9/h4-6,11,16H,3,7H2,1-2H3. The number of aliphatic hydroxyl groups excluding tert-OH is 1. The lowest BCUT2D eigenvalue weighted by Crippen LogP contribution is -2.07. The Hall–Kier alpha value is -0.650. The smallest absolute Gasteiger partial charge is 0.100 e. The highest BCUT2D eigenvalue weighted by atomic mass is 79.9. The first kappa shape index (κ1) is 12.8. The first-order chi connectivity index (χ1) is 8.10. The number of nitrogens with zero attached hydrogens (tertiary/aromatic N) is 2. The van der Waals surface area contributed by atoms with Crippen LogP contribution in [0.1, 0.15) is 29.3 Å². The summed E-state index contributed by atoms with van der Waals surface area (Å²) in [7, 11) is 1.88. The molecule has 1 N–H and O–H groups in total. The predicted octanol–water partition coefficient (Wildman–Crippen LogP) is 3.08. The molecule has 0 spiro atoms. The van der Waals surface area contributed by atoms with Gasteiger partial charge in [-0.1, -0.05) is 6.92 Å². The van der Waals surface area contributed by atoms with Crippen molar-refractivity contribution in [3.63, 3.8) is 0 Å². The predicted molar refractivity (Wildman–Crippen MR) is 73.3 cm³/mol. The summed E-state index contributed by atoms with van der Waals surface area (Å²) < 4.78 is 2.87. The summed E-state index contributed by atoms with van der Waals surface area (Å²) in [5.41, 5.74) is 1.90. The molecule has 0 fully saturated rings. The van der Waals surface area contributed by atoms with Crippen molar-refractivity contribution in [2.45, 2.75) is 25.9 Å². The van der Waals surface area contributed by atoms with E-state index in [9.17, 15) is 5.11 Å². The van der Waals surface area contributed by atoms with Crippen LogP contribution in [0, 0.1) is 0 Å². The molecule has 0 aliphatic heterocycles. The highest BCUT2D eigenvalue weighted by Crippen LogP contribution is 2.27. The van der Waals surface area contributed by atoms with Gasteiger partial charge in [0.1, 0.15) is 6.10 Å². The Labute approximate surface area is 113 Å². The Morgan fingerprint density at radius 1 is 1.53 bits per heavy atom. The third-order valence-corrected chi connectivity index (χ3v) is 4.34. The number of aryl methyl sites for hydroxylation is 2. The average Bonchev–Trinajstić information content (AvgIpc) is 2.85. The van der Waals surface area contributed by atoms with Crippen LogP contribution in [0.3, 0.4) is 0 Å². The first-order valence-electron chi connectivity index (χ1n) is 5.55.